The summed E-state index contributed by atoms with van der Waals surface area (Å²) < 4.78 is 11.5. The van der Waals surface area contributed by atoms with Gasteiger partial charge in [-0.2, -0.15) is 0 Å². The van der Waals surface area contributed by atoms with Crippen LogP contribution in [0.1, 0.15) is 21.5 Å². The van der Waals surface area contributed by atoms with E-state index in [1.54, 1.807) is 55.6 Å². The lowest BCUT2D eigenvalue weighted by atomic mass is 10.1. The van der Waals surface area contributed by atoms with Crippen molar-refractivity contribution in [1.29, 1.82) is 0 Å². The zero-order valence-electron chi connectivity index (χ0n) is 16.7. The molecular weight excluding hydrogens is 462 g/mol. The van der Waals surface area contributed by atoms with Crippen LogP contribution in [0.3, 0.4) is 0 Å². The Kier molecular flexibility index (Phi) is 7.45. The van der Waals surface area contributed by atoms with E-state index in [4.69, 9.17) is 9.47 Å². The Labute approximate surface area is 188 Å². The highest BCUT2D eigenvalue weighted by atomic mass is 79.9. The third kappa shape index (κ3) is 6.20. The number of methoxy groups -OCH3 is 1. The molecule has 0 saturated heterocycles. The van der Waals surface area contributed by atoms with Crippen molar-refractivity contribution in [3.8, 4) is 11.5 Å². The molecule has 0 fully saturated rings. The van der Waals surface area contributed by atoms with Gasteiger partial charge in [-0.3, -0.25) is 4.79 Å². The van der Waals surface area contributed by atoms with Crippen LogP contribution < -0.4 is 14.8 Å². The summed E-state index contributed by atoms with van der Waals surface area (Å²) in [5.41, 5.74) is 1.69. The summed E-state index contributed by atoms with van der Waals surface area (Å²) in [6.07, 6.45) is 1.39. The molecule has 0 bridgehead atoms. The third-order valence-electron chi connectivity index (χ3n) is 4.33. The minimum absolute atomic E-state index is 0.231. The number of hydrogen-bond donors (Lipinski definition) is 2. The number of carboxylic acids is 1. The Hall–Kier alpha value is -3.58. The van der Waals surface area contributed by atoms with Crippen LogP contribution in [-0.4, -0.2) is 24.1 Å². The van der Waals surface area contributed by atoms with Crippen LogP contribution in [0.25, 0.3) is 6.08 Å². The van der Waals surface area contributed by atoms with Crippen LogP contribution in [0.5, 0.6) is 11.5 Å². The summed E-state index contributed by atoms with van der Waals surface area (Å²) >= 11 is 3.29. The van der Waals surface area contributed by atoms with E-state index in [2.05, 4.69) is 21.2 Å². The van der Waals surface area contributed by atoms with E-state index in [1.165, 1.54) is 6.08 Å². The second-order valence-corrected chi connectivity index (χ2v) is 7.36. The molecule has 3 rings (SSSR count). The summed E-state index contributed by atoms with van der Waals surface area (Å²) in [7, 11) is 1.61. The maximum Gasteiger partial charge on any atom is 0.352 e. The van der Waals surface area contributed by atoms with Gasteiger partial charge in [-0.05, 0) is 69.5 Å². The lowest BCUT2D eigenvalue weighted by molar-refractivity contribution is -0.132. The van der Waals surface area contributed by atoms with E-state index in [0.717, 1.165) is 11.3 Å². The van der Waals surface area contributed by atoms with Crippen molar-refractivity contribution in [2.24, 2.45) is 0 Å². The molecule has 0 saturated carbocycles. The van der Waals surface area contributed by atoms with Gasteiger partial charge in [0.1, 0.15) is 23.8 Å². The maximum absolute atomic E-state index is 12.4. The van der Waals surface area contributed by atoms with Gasteiger partial charge in [0, 0.05) is 4.47 Å². The molecule has 31 heavy (non-hydrogen) atoms. The molecule has 0 spiro atoms. The molecule has 0 aromatic heterocycles. The summed E-state index contributed by atoms with van der Waals surface area (Å²) in [6, 6.07) is 21.3. The second kappa shape index (κ2) is 10.4. The molecule has 2 N–H and O–H groups in total. The number of carboxylic acid groups (broad SMARTS) is 1. The number of amides is 1. The lowest BCUT2D eigenvalue weighted by Gasteiger charge is -2.09. The SMILES string of the molecule is COc1cccc(COc2ccc(/C=C(\NC(=O)c3ccccc3Br)C(=O)O)cc2)c1. The van der Waals surface area contributed by atoms with Gasteiger partial charge in [0.2, 0.25) is 0 Å². The Balaban J connectivity index is 1.68. The summed E-state index contributed by atoms with van der Waals surface area (Å²) in [5, 5.41) is 11.9. The van der Waals surface area contributed by atoms with Crippen molar-refractivity contribution in [3.63, 3.8) is 0 Å². The molecule has 0 aliphatic rings. The Morgan fingerprint density at radius 1 is 1.00 bits per heavy atom. The molecule has 1 amide bonds. The van der Waals surface area contributed by atoms with Crippen molar-refractivity contribution in [2.45, 2.75) is 6.61 Å². The largest absolute Gasteiger partial charge is 0.497 e. The van der Waals surface area contributed by atoms with Crippen LogP contribution in [0.4, 0.5) is 0 Å². The smallest absolute Gasteiger partial charge is 0.352 e. The third-order valence-corrected chi connectivity index (χ3v) is 5.02. The number of benzene rings is 3. The first kappa shape index (κ1) is 22.1. The van der Waals surface area contributed by atoms with E-state index >= 15 is 0 Å². The van der Waals surface area contributed by atoms with E-state index < -0.39 is 11.9 Å². The Morgan fingerprint density at radius 2 is 1.74 bits per heavy atom. The molecule has 0 radical (unpaired) electrons. The first-order chi connectivity index (χ1) is 15.0. The van der Waals surface area contributed by atoms with Crippen LogP contribution >= 0.6 is 15.9 Å². The van der Waals surface area contributed by atoms with Gasteiger partial charge in [-0.1, -0.05) is 36.4 Å². The average Bonchev–Trinajstić information content (AvgIpc) is 2.78. The summed E-state index contributed by atoms with van der Waals surface area (Å²) in [4.78, 5) is 24.0. The molecule has 0 unspecified atom stereocenters. The predicted octanol–water partition coefficient (Wildman–Crippen LogP) is 4.89. The van der Waals surface area contributed by atoms with Crippen molar-refractivity contribution < 1.29 is 24.2 Å². The van der Waals surface area contributed by atoms with Gasteiger partial charge in [-0.25, -0.2) is 4.79 Å². The average molecular weight is 482 g/mol. The summed E-state index contributed by atoms with van der Waals surface area (Å²) in [6.45, 7) is 0.370. The van der Waals surface area contributed by atoms with E-state index in [1.807, 2.05) is 24.3 Å². The molecule has 7 heteroatoms. The Bertz CT molecular complexity index is 1110. The Morgan fingerprint density at radius 3 is 2.42 bits per heavy atom. The fourth-order valence-electron chi connectivity index (χ4n) is 2.74. The number of ether oxygens (including phenoxy) is 2. The molecule has 0 atom stereocenters. The first-order valence-electron chi connectivity index (χ1n) is 9.33. The van der Waals surface area contributed by atoms with E-state index in [0.29, 0.717) is 28.0 Å². The van der Waals surface area contributed by atoms with Gasteiger partial charge in [0.15, 0.2) is 0 Å². The fraction of sp³-hybridized carbons (Fsp3) is 0.0833. The molecular formula is C24H20BrNO5. The van der Waals surface area contributed by atoms with Crippen molar-refractivity contribution >= 4 is 33.9 Å². The van der Waals surface area contributed by atoms with Crippen molar-refractivity contribution in [3.05, 3.63) is 99.7 Å². The quantitative estimate of drug-likeness (QED) is 0.447. The molecule has 0 aliphatic heterocycles. The van der Waals surface area contributed by atoms with E-state index in [-0.39, 0.29) is 5.70 Å². The first-order valence-corrected chi connectivity index (χ1v) is 10.1. The zero-order chi connectivity index (χ0) is 22.2. The highest BCUT2D eigenvalue weighted by Gasteiger charge is 2.15. The minimum atomic E-state index is -1.24. The van der Waals surface area contributed by atoms with Crippen LogP contribution in [0.15, 0.2) is 83.0 Å². The minimum Gasteiger partial charge on any atom is -0.497 e. The highest BCUT2D eigenvalue weighted by Crippen LogP contribution is 2.19. The van der Waals surface area contributed by atoms with E-state index in [9.17, 15) is 14.7 Å². The van der Waals surface area contributed by atoms with Crippen molar-refractivity contribution in [1.82, 2.24) is 5.32 Å². The fourth-order valence-corrected chi connectivity index (χ4v) is 3.21. The van der Waals surface area contributed by atoms with Crippen LogP contribution in [-0.2, 0) is 11.4 Å². The number of aliphatic carboxylic acids is 1. The number of carbonyl (C=O) groups excluding carboxylic acids is 1. The zero-order valence-corrected chi connectivity index (χ0v) is 18.3. The van der Waals surface area contributed by atoms with Crippen LogP contribution in [0, 0.1) is 0 Å². The predicted molar refractivity (Wildman–Crippen MR) is 121 cm³/mol. The number of rotatable bonds is 8. The summed E-state index contributed by atoms with van der Waals surface area (Å²) in [5.74, 6) is -0.361. The van der Waals surface area contributed by atoms with Gasteiger partial charge >= 0.3 is 5.97 Å². The standard InChI is InChI=1S/C24H20BrNO5/c1-30-19-6-4-5-17(13-19)15-31-18-11-9-16(10-12-18)14-22(24(28)29)26-23(27)20-7-2-3-8-21(20)25/h2-14H,15H2,1H3,(H,26,27)(H,28,29)/b22-14-. The molecule has 158 valence electrons. The second-order valence-electron chi connectivity index (χ2n) is 6.51. The van der Waals surface area contributed by atoms with Crippen LogP contribution in [0.2, 0.25) is 0 Å². The molecule has 3 aromatic carbocycles. The normalized spacial score (nSPS) is 11.0. The highest BCUT2D eigenvalue weighted by molar-refractivity contribution is 9.10. The van der Waals surface area contributed by atoms with Crippen molar-refractivity contribution in [2.75, 3.05) is 7.11 Å². The number of hydrogen-bond acceptors (Lipinski definition) is 4. The molecule has 0 aliphatic carbocycles. The van der Waals surface area contributed by atoms with Gasteiger partial charge in [0.05, 0.1) is 12.7 Å². The molecule has 0 heterocycles. The maximum atomic E-state index is 12.4. The monoisotopic (exact) mass is 481 g/mol. The number of carbonyl (C=O) groups is 2. The number of halogens is 1. The van der Waals surface area contributed by atoms with Gasteiger partial charge < -0.3 is 19.9 Å². The molecule has 6 nitrogen and oxygen atoms in total. The number of nitrogens with one attached hydrogen (secondary N) is 1. The van der Waals surface area contributed by atoms with Gasteiger partial charge in [-0.15, -0.1) is 0 Å². The lowest BCUT2D eigenvalue weighted by Crippen LogP contribution is -2.27. The van der Waals surface area contributed by atoms with Gasteiger partial charge in [0.25, 0.3) is 5.91 Å². The topological polar surface area (TPSA) is 84.9 Å². The molecule has 3 aromatic rings.